The van der Waals surface area contributed by atoms with E-state index < -0.39 is 35.7 Å². The largest absolute Gasteiger partial charge is 0.444 e. The molecule has 6 aromatic rings. The summed E-state index contributed by atoms with van der Waals surface area (Å²) < 4.78 is 48.2. The zero-order valence-electron chi connectivity index (χ0n) is 34.4. The second kappa shape index (κ2) is 18.4. The number of pyridine rings is 1. The number of nitrogens with one attached hydrogen (secondary N) is 3. The third-order valence-electron chi connectivity index (χ3n) is 11.8. The number of ether oxygens (including phenoxy) is 1. The van der Waals surface area contributed by atoms with E-state index >= 15 is 0 Å². The maximum absolute atomic E-state index is 14.1. The molecule has 16 nitrogen and oxygen atoms in total. The lowest BCUT2D eigenvalue weighted by atomic mass is 10.0. The molecule has 3 amide bonds. The molecule has 1 unspecified atom stereocenters. The number of halogens is 2. The molecule has 0 radical (unpaired) electrons. The fourth-order valence-corrected chi connectivity index (χ4v) is 8.24. The van der Waals surface area contributed by atoms with Gasteiger partial charge in [-0.1, -0.05) is 24.3 Å². The van der Waals surface area contributed by atoms with Crippen molar-refractivity contribution in [1.82, 2.24) is 34.5 Å². The van der Waals surface area contributed by atoms with Crippen molar-refractivity contribution < 1.29 is 36.7 Å². The van der Waals surface area contributed by atoms with Crippen molar-refractivity contribution >= 4 is 40.3 Å². The lowest BCUT2D eigenvalue weighted by molar-refractivity contribution is -0.135. The molecule has 328 valence electrons. The molecule has 3 aliphatic rings. The predicted molar refractivity (Wildman–Crippen MR) is 227 cm³/mol. The zero-order valence-corrected chi connectivity index (χ0v) is 34.4. The van der Waals surface area contributed by atoms with E-state index in [0.29, 0.717) is 47.1 Å². The van der Waals surface area contributed by atoms with Crippen molar-refractivity contribution in [1.29, 1.82) is 0 Å². The average Bonchev–Trinajstić information content (AvgIpc) is 3.63. The van der Waals surface area contributed by atoms with Crippen molar-refractivity contribution in [3.05, 3.63) is 106 Å². The molecule has 4 aromatic heterocycles. The quantitative estimate of drug-likeness (QED) is 0.0848. The summed E-state index contributed by atoms with van der Waals surface area (Å²) in [5.74, 6) is -0.618. The van der Waals surface area contributed by atoms with Crippen molar-refractivity contribution in [2.45, 2.75) is 76.4 Å². The fourth-order valence-electron chi connectivity index (χ4n) is 8.24. The van der Waals surface area contributed by atoms with Gasteiger partial charge in [0.15, 0.2) is 17.0 Å². The predicted octanol–water partition coefficient (Wildman–Crippen LogP) is 6.48. The van der Waals surface area contributed by atoms with Gasteiger partial charge in [-0.25, -0.2) is 28.2 Å². The molecular weight excluding hydrogens is 817 g/mol. The van der Waals surface area contributed by atoms with Crippen LogP contribution in [0.25, 0.3) is 28.2 Å². The van der Waals surface area contributed by atoms with Crippen LogP contribution in [-0.2, 0) is 27.2 Å². The van der Waals surface area contributed by atoms with Crippen LogP contribution in [0.1, 0.15) is 84.7 Å². The highest BCUT2D eigenvalue weighted by Crippen LogP contribution is 2.31. The molecular formula is C45H47F2N9O7. The lowest BCUT2D eigenvalue weighted by Gasteiger charge is -2.33. The number of morpholine rings is 1. The molecule has 2 atom stereocenters. The number of nitrogens with zero attached hydrogens (tertiary/aromatic N) is 6. The number of imide groups is 1. The lowest BCUT2D eigenvalue weighted by Crippen LogP contribution is -2.43. The van der Waals surface area contributed by atoms with Crippen LogP contribution in [0.15, 0.2) is 86.9 Å². The van der Waals surface area contributed by atoms with E-state index in [1.165, 1.54) is 34.6 Å². The number of aromatic nitrogens is 5. The van der Waals surface area contributed by atoms with E-state index in [4.69, 9.17) is 13.6 Å². The number of anilines is 2. The molecule has 2 aromatic carbocycles. The van der Waals surface area contributed by atoms with Gasteiger partial charge in [0.2, 0.25) is 17.7 Å². The summed E-state index contributed by atoms with van der Waals surface area (Å²) >= 11 is 0. The second-order valence-electron chi connectivity index (χ2n) is 16.3. The topological polar surface area (TPSA) is 192 Å². The summed E-state index contributed by atoms with van der Waals surface area (Å²) in [7, 11) is 0. The van der Waals surface area contributed by atoms with Gasteiger partial charge < -0.3 is 24.2 Å². The molecule has 3 N–H and O–H groups in total. The van der Waals surface area contributed by atoms with E-state index in [-0.39, 0.29) is 42.1 Å². The number of hydrogen-bond donors (Lipinski definition) is 3. The minimum atomic E-state index is -2.93. The Balaban J connectivity index is 0.747. The molecule has 6 heterocycles. The number of aryl methyl sites for hydroxylation is 2. The first-order valence-corrected chi connectivity index (χ1v) is 21.4. The number of alkyl halides is 2. The number of piperidine rings is 1. The van der Waals surface area contributed by atoms with Crippen molar-refractivity contribution in [3.8, 4) is 17.1 Å². The Morgan fingerprint density at radius 1 is 1.02 bits per heavy atom. The molecule has 2 saturated heterocycles. The third-order valence-corrected chi connectivity index (χ3v) is 11.8. The number of carbonyl (C=O) groups excluding carboxylic acids is 3. The minimum absolute atomic E-state index is 0.0678. The number of fused-ring (bicyclic) bond motifs is 1. The summed E-state index contributed by atoms with van der Waals surface area (Å²) in [6, 6.07) is 15.8. The monoisotopic (exact) mass is 863 g/mol. The minimum Gasteiger partial charge on any atom is -0.444 e. The van der Waals surface area contributed by atoms with Crippen LogP contribution in [0.3, 0.4) is 0 Å². The van der Waals surface area contributed by atoms with E-state index in [1.54, 1.807) is 24.4 Å². The average molecular weight is 864 g/mol. The first-order valence-electron chi connectivity index (χ1n) is 21.4. The number of carbonyl (C=O) groups is 3. The molecule has 1 saturated carbocycles. The van der Waals surface area contributed by atoms with Crippen LogP contribution < -0.4 is 21.7 Å². The number of para-hydroxylation sites is 1. The van der Waals surface area contributed by atoms with E-state index in [9.17, 15) is 28.0 Å². The highest BCUT2D eigenvalue weighted by Gasteiger charge is 2.32. The summed E-state index contributed by atoms with van der Waals surface area (Å²) in [6.07, 6.45) is 8.22. The number of rotatable bonds is 17. The van der Waals surface area contributed by atoms with E-state index in [0.717, 1.165) is 63.0 Å². The standard InChI is InChI=1S/C45H47F2N9O7/c46-41(47)39-33(50-42(58)34-26-62-44(51-34)30-17-18-48-37(22-30)49-23-28-9-10-28)25-55(53-39)31-13-11-27(12-14-31)4-1-7-32-24-54(20-21-61-32)19-3-6-29-5-2-8-35-40(29)63-45(60)56(35)36-15-16-38(57)52-43(36)59/h2,5,8,11-14,17-18,22,25-26,28,32,36,41H,1,3-4,6-7,9-10,15-16,19-21,23-24H2,(H,48,49)(H,50,58)(H,52,57,59)/t32-,36?/m1/s1. The van der Waals surface area contributed by atoms with E-state index in [1.807, 2.05) is 36.4 Å². The van der Waals surface area contributed by atoms with Crippen LogP contribution in [-0.4, -0.2) is 85.8 Å². The van der Waals surface area contributed by atoms with Gasteiger partial charge >= 0.3 is 5.76 Å². The maximum Gasteiger partial charge on any atom is 0.420 e. The number of oxazole rings is 2. The molecule has 2 aliphatic heterocycles. The smallest absolute Gasteiger partial charge is 0.420 e. The van der Waals surface area contributed by atoms with Gasteiger partial charge in [0, 0.05) is 37.8 Å². The Morgan fingerprint density at radius 3 is 2.68 bits per heavy atom. The number of benzene rings is 2. The molecule has 9 rings (SSSR count). The highest BCUT2D eigenvalue weighted by molar-refractivity contribution is 6.03. The van der Waals surface area contributed by atoms with Crippen molar-refractivity contribution in [2.75, 3.05) is 43.4 Å². The number of amides is 3. The maximum atomic E-state index is 14.1. The zero-order chi connectivity index (χ0) is 43.5. The van der Waals surface area contributed by atoms with E-state index in [2.05, 4.69) is 35.9 Å². The summed E-state index contributed by atoms with van der Waals surface area (Å²) in [4.78, 5) is 61.1. The normalized spacial score (nSPS) is 18.3. The number of hydrogen-bond acceptors (Lipinski definition) is 12. The highest BCUT2D eigenvalue weighted by atomic mass is 19.3. The van der Waals surface area contributed by atoms with Gasteiger partial charge in [-0.15, -0.1) is 0 Å². The van der Waals surface area contributed by atoms with Crippen LogP contribution in [0.2, 0.25) is 0 Å². The first kappa shape index (κ1) is 41.8. The Bertz CT molecular complexity index is 2670. The van der Waals surface area contributed by atoms with Crippen LogP contribution in [0.4, 0.5) is 20.3 Å². The van der Waals surface area contributed by atoms with Crippen LogP contribution in [0, 0.1) is 5.92 Å². The van der Waals surface area contributed by atoms with Crippen LogP contribution in [0.5, 0.6) is 0 Å². The first-order chi connectivity index (χ1) is 30.6. The second-order valence-corrected chi connectivity index (χ2v) is 16.3. The fraction of sp³-hybridized carbons (Fsp3) is 0.400. The van der Waals surface area contributed by atoms with Gasteiger partial charge in [0.25, 0.3) is 12.3 Å². The van der Waals surface area contributed by atoms with Crippen molar-refractivity contribution in [2.24, 2.45) is 5.92 Å². The SMILES string of the molecule is O=C1CCC(n2c(=O)oc3c(CCCN4CCO[C@H](CCCc5ccc(-n6cc(NC(=O)c7coc(-c8ccnc(NCC9CC9)c8)n7)c(C(F)F)n6)cc5)C4)cccc32)C(=O)N1. The van der Waals surface area contributed by atoms with Gasteiger partial charge in [0.05, 0.1) is 35.8 Å². The molecule has 0 bridgehead atoms. The molecule has 63 heavy (non-hydrogen) atoms. The van der Waals surface area contributed by atoms with Gasteiger partial charge in [-0.3, -0.25) is 29.2 Å². The Kier molecular flexibility index (Phi) is 12.2. The summed E-state index contributed by atoms with van der Waals surface area (Å²) in [6.45, 7) is 3.93. The molecule has 3 fully saturated rings. The Labute approximate surface area is 360 Å². The Morgan fingerprint density at radius 2 is 1.87 bits per heavy atom. The van der Waals surface area contributed by atoms with Gasteiger partial charge in [-0.05, 0) is 105 Å². The molecule has 1 aliphatic carbocycles. The Hall–Kier alpha value is -6.53. The van der Waals surface area contributed by atoms with Gasteiger partial charge in [-0.2, -0.15) is 5.10 Å². The van der Waals surface area contributed by atoms with Crippen LogP contribution >= 0.6 is 0 Å². The van der Waals surface area contributed by atoms with Crippen molar-refractivity contribution in [3.63, 3.8) is 0 Å². The third kappa shape index (κ3) is 9.76. The summed E-state index contributed by atoms with van der Waals surface area (Å²) in [5.41, 5.74) is 3.42. The molecule has 0 spiro atoms. The summed E-state index contributed by atoms with van der Waals surface area (Å²) in [5, 5.41) is 12.2. The molecule has 18 heteroatoms. The van der Waals surface area contributed by atoms with Gasteiger partial charge in [0.1, 0.15) is 18.1 Å².